The number of carbonyl (C=O) groups excluding carboxylic acids is 1. The molecule has 23 heavy (non-hydrogen) atoms. The van der Waals surface area contributed by atoms with Gasteiger partial charge in [-0.15, -0.1) is 0 Å². The summed E-state index contributed by atoms with van der Waals surface area (Å²) in [7, 11) is 0. The quantitative estimate of drug-likeness (QED) is 0.903. The highest BCUT2D eigenvalue weighted by Crippen LogP contribution is 2.23. The number of aryl methyl sites for hydroxylation is 2. The highest BCUT2D eigenvalue weighted by Gasteiger charge is 2.22. The molecule has 0 atom stereocenters. The van der Waals surface area contributed by atoms with Crippen molar-refractivity contribution in [3.8, 4) is 0 Å². The topological polar surface area (TPSA) is 64.3 Å². The van der Waals surface area contributed by atoms with Crippen molar-refractivity contribution in [2.24, 2.45) is 0 Å². The SMILES string of the molecule is Cc1n[nH]c(C)c1N1CCN(CC(=O)Nc2ccccc2)CC1. The zero-order valence-electron chi connectivity index (χ0n) is 13.7. The monoisotopic (exact) mass is 313 g/mol. The number of H-pyrrole nitrogens is 1. The van der Waals surface area contributed by atoms with Crippen LogP contribution in [0.1, 0.15) is 11.4 Å². The van der Waals surface area contributed by atoms with E-state index in [-0.39, 0.29) is 5.91 Å². The van der Waals surface area contributed by atoms with Crippen LogP contribution >= 0.6 is 0 Å². The van der Waals surface area contributed by atoms with Gasteiger partial charge >= 0.3 is 0 Å². The Bertz CT molecular complexity index is 639. The predicted molar refractivity (Wildman–Crippen MR) is 91.8 cm³/mol. The summed E-state index contributed by atoms with van der Waals surface area (Å²) in [6.45, 7) is 8.11. The molecule has 0 radical (unpaired) electrons. The lowest BCUT2D eigenvalue weighted by Crippen LogP contribution is -2.49. The first-order chi connectivity index (χ1) is 11.1. The van der Waals surface area contributed by atoms with Crippen LogP contribution in [0, 0.1) is 13.8 Å². The maximum absolute atomic E-state index is 12.1. The zero-order valence-corrected chi connectivity index (χ0v) is 13.7. The summed E-state index contributed by atoms with van der Waals surface area (Å²) in [6.07, 6.45) is 0. The molecule has 1 aliphatic heterocycles. The summed E-state index contributed by atoms with van der Waals surface area (Å²) in [6, 6.07) is 9.59. The molecule has 3 rings (SSSR count). The molecular formula is C17H23N5O. The van der Waals surface area contributed by atoms with E-state index in [1.165, 1.54) is 5.69 Å². The smallest absolute Gasteiger partial charge is 0.238 e. The van der Waals surface area contributed by atoms with E-state index in [0.717, 1.165) is 43.3 Å². The van der Waals surface area contributed by atoms with Crippen LogP contribution < -0.4 is 10.2 Å². The molecule has 1 aromatic carbocycles. The van der Waals surface area contributed by atoms with Gasteiger partial charge < -0.3 is 10.2 Å². The fourth-order valence-electron chi connectivity index (χ4n) is 3.07. The Morgan fingerprint density at radius 3 is 2.48 bits per heavy atom. The fraction of sp³-hybridized carbons (Fsp3) is 0.412. The number of hydrogen-bond acceptors (Lipinski definition) is 4. The lowest BCUT2D eigenvalue weighted by molar-refractivity contribution is -0.117. The number of para-hydroxylation sites is 1. The Labute approximate surface area is 136 Å². The van der Waals surface area contributed by atoms with E-state index in [1.54, 1.807) is 0 Å². The maximum Gasteiger partial charge on any atom is 0.238 e. The van der Waals surface area contributed by atoms with E-state index < -0.39 is 0 Å². The zero-order chi connectivity index (χ0) is 16.2. The van der Waals surface area contributed by atoms with E-state index in [2.05, 4.69) is 32.2 Å². The predicted octanol–water partition coefficient (Wildman–Crippen LogP) is 1.79. The number of nitrogens with one attached hydrogen (secondary N) is 2. The van der Waals surface area contributed by atoms with Gasteiger partial charge in [-0.1, -0.05) is 18.2 Å². The van der Waals surface area contributed by atoms with Crippen molar-refractivity contribution in [2.45, 2.75) is 13.8 Å². The van der Waals surface area contributed by atoms with Crippen molar-refractivity contribution >= 4 is 17.3 Å². The Balaban J connectivity index is 1.50. The molecule has 2 N–H and O–H groups in total. The van der Waals surface area contributed by atoms with Gasteiger partial charge in [0.25, 0.3) is 0 Å². The van der Waals surface area contributed by atoms with E-state index in [0.29, 0.717) is 6.54 Å². The lowest BCUT2D eigenvalue weighted by atomic mass is 10.2. The lowest BCUT2D eigenvalue weighted by Gasteiger charge is -2.35. The summed E-state index contributed by atoms with van der Waals surface area (Å²) in [4.78, 5) is 16.7. The van der Waals surface area contributed by atoms with E-state index in [1.807, 2.05) is 37.3 Å². The first kappa shape index (κ1) is 15.6. The molecule has 1 saturated heterocycles. The number of hydrogen-bond donors (Lipinski definition) is 2. The largest absolute Gasteiger partial charge is 0.366 e. The minimum absolute atomic E-state index is 0.0420. The van der Waals surface area contributed by atoms with Gasteiger partial charge in [0.15, 0.2) is 0 Å². The number of anilines is 2. The first-order valence-corrected chi connectivity index (χ1v) is 7.97. The number of carbonyl (C=O) groups is 1. The minimum atomic E-state index is 0.0420. The first-order valence-electron chi connectivity index (χ1n) is 7.97. The molecule has 0 unspecified atom stereocenters. The van der Waals surface area contributed by atoms with E-state index in [9.17, 15) is 4.79 Å². The average molecular weight is 313 g/mol. The molecule has 2 aromatic rings. The molecule has 6 nitrogen and oxygen atoms in total. The van der Waals surface area contributed by atoms with Crippen molar-refractivity contribution in [3.05, 3.63) is 41.7 Å². The van der Waals surface area contributed by atoms with Crippen LogP contribution in [0.2, 0.25) is 0 Å². The highest BCUT2D eigenvalue weighted by atomic mass is 16.2. The van der Waals surface area contributed by atoms with Crippen LogP contribution in [0.4, 0.5) is 11.4 Å². The van der Waals surface area contributed by atoms with Gasteiger partial charge in [0.05, 0.1) is 23.6 Å². The standard InChI is InChI=1S/C17H23N5O/c1-13-17(14(2)20-19-13)22-10-8-21(9-11-22)12-16(23)18-15-6-4-3-5-7-15/h3-7H,8-12H2,1-2H3,(H,18,23)(H,19,20). The molecule has 122 valence electrons. The van der Waals surface area contributed by atoms with Crippen molar-refractivity contribution in [3.63, 3.8) is 0 Å². The number of amides is 1. The number of benzene rings is 1. The molecule has 1 aliphatic rings. The van der Waals surface area contributed by atoms with Gasteiger partial charge in [-0.3, -0.25) is 14.8 Å². The number of aromatic nitrogens is 2. The van der Waals surface area contributed by atoms with Crippen LogP contribution in [0.5, 0.6) is 0 Å². The second-order valence-electron chi connectivity index (χ2n) is 5.96. The summed E-state index contributed by atoms with van der Waals surface area (Å²) < 4.78 is 0. The molecule has 2 heterocycles. The molecule has 0 spiro atoms. The van der Waals surface area contributed by atoms with Crippen molar-refractivity contribution in [1.29, 1.82) is 0 Å². The average Bonchev–Trinajstić information content (AvgIpc) is 2.88. The Hall–Kier alpha value is -2.34. The second-order valence-corrected chi connectivity index (χ2v) is 5.96. The van der Waals surface area contributed by atoms with Crippen molar-refractivity contribution < 1.29 is 4.79 Å². The second kappa shape index (κ2) is 6.83. The molecule has 0 saturated carbocycles. The van der Waals surface area contributed by atoms with Crippen molar-refractivity contribution in [2.75, 3.05) is 42.9 Å². The van der Waals surface area contributed by atoms with Gasteiger partial charge in [-0.05, 0) is 26.0 Å². The fourth-order valence-corrected chi connectivity index (χ4v) is 3.07. The van der Waals surface area contributed by atoms with Gasteiger partial charge in [-0.25, -0.2) is 0 Å². The Morgan fingerprint density at radius 2 is 1.87 bits per heavy atom. The van der Waals surface area contributed by atoms with Gasteiger partial charge in [-0.2, -0.15) is 5.10 Å². The van der Waals surface area contributed by atoms with Crippen LogP contribution in [-0.2, 0) is 4.79 Å². The van der Waals surface area contributed by atoms with Crippen LogP contribution in [0.25, 0.3) is 0 Å². The third-order valence-corrected chi connectivity index (χ3v) is 4.20. The van der Waals surface area contributed by atoms with Crippen LogP contribution in [-0.4, -0.2) is 53.7 Å². The van der Waals surface area contributed by atoms with Crippen LogP contribution in [0.15, 0.2) is 30.3 Å². The molecule has 1 fully saturated rings. The number of rotatable bonds is 4. The summed E-state index contributed by atoms with van der Waals surface area (Å²) >= 11 is 0. The molecule has 1 aromatic heterocycles. The highest BCUT2D eigenvalue weighted by molar-refractivity contribution is 5.92. The minimum Gasteiger partial charge on any atom is -0.366 e. The number of piperazine rings is 1. The van der Waals surface area contributed by atoms with E-state index in [4.69, 9.17) is 0 Å². The third-order valence-electron chi connectivity index (χ3n) is 4.20. The third kappa shape index (κ3) is 3.71. The normalized spacial score (nSPS) is 15.7. The van der Waals surface area contributed by atoms with E-state index >= 15 is 0 Å². The number of aromatic amines is 1. The Kier molecular flexibility index (Phi) is 4.62. The van der Waals surface area contributed by atoms with Gasteiger partial charge in [0.2, 0.25) is 5.91 Å². The maximum atomic E-state index is 12.1. The van der Waals surface area contributed by atoms with Gasteiger partial charge in [0, 0.05) is 31.9 Å². The molecule has 0 aliphatic carbocycles. The van der Waals surface area contributed by atoms with Crippen molar-refractivity contribution in [1.82, 2.24) is 15.1 Å². The molecule has 0 bridgehead atoms. The van der Waals surface area contributed by atoms with Gasteiger partial charge in [0.1, 0.15) is 0 Å². The molecule has 1 amide bonds. The number of nitrogens with zero attached hydrogens (tertiary/aromatic N) is 3. The Morgan fingerprint density at radius 1 is 1.17 bits per heavy atom. The molecule has 6 heteroatoms. The van der Waals surface area contributed by atoms with Crippen LogP contribution in [0.3, 0.4) is 0 Å². The molecular weight excluding hydrogens is 290 g/mol. The summed E-state index contributed by atoms with van der Waals surface area (Å²) in [5, 5.41) is 10.2. The summed E-state index contributed by atoms with van der Waals surface area (Å²) in [5.41, 5.74) is 4.20. The summed E-state index contributed by atoms with van der Waals surface area (Å²) in [5.74, 6) is 0.0420.